The molecule has 0 radical (unpaired) electrons. The van der Waals surface area contributed by atoms with E-state index in [9.17, 15) is 13.2 Å². The van der Waals surface area contributed by atoms with E-state index in [0.29, 0.717) is 48.4 Å². The zero-order valence-electron chi connectivity index (χ0n) is 20.0. The van der Waals surface area contributed by atoms with E-state index in [4.69, 9.17) is 16.7 Å². The molecule has 0 saturated heterocycles. The molecule has 1 aliphatic carbocycles. The SMILES string of the molecule is CC.OCNCCN(CCc1cc(C(F)(F)F)nn1-c1ccccc1Cl)CCC1C=CCCC1. The highest BCUT2D eigenvalue weighted by atomic mass is 35.5. The molecule has 1 aromatic heterocycles. The molecule has 0 saturated carbocycles. The summed E-state index contributed by atoms with van der Waals surface area (Å²) in [5.41, 5.74) is -0.0307. The number of hydrogen-bond donors (Lipinski definition) is 2. The average molecular weight is 501 g/mol. The highest BCUT2D eigenvalue weighted by Gasteiger charge is 2.35. The van der Waals surface area contributed by atoms with Crippen molar-refractivity contribution in [3.8, 4) is 5.69 Å². The van der Waals surface area contributed by atoms with Gasteiger partial charge in [-0.2, -0.15) is 18.3 Å². The zero-order chi connectivity index (χ0) is 25.0. The van der Waals surface area contributed by atoms with Gasteiger partial charge < -0.3 is 10.0 Å². The average Bonchev–Trinajstić information content (AvgIpc) is 3.27. The number of aromatic nitrogens is 2. The molecule has 0 aliphatic heterocycles. The summed E-state index contributed by atoms with van der Waals surface area (Å²) in [6.07, 6.45) is 4.88. The summed E-state index contributed by atoms with van der Waals surface area (Å²) < 4.78 is 41.4. The molecular formula is C25H36ClF3N4O. The molecule has 1 aromatic carbocycles. The Morgan fingerprint density at radius 3 is 2.62 bits per heavy atom. The summed E-state index contributed by atoms with van der Waals surface area (Å²) in [5, 5.41) is 16.1. The van der Waals surface area contributed by atoms with Crippen LogP contribution in [0.25, 0.3) is 5.69 Å². The van der Waals surface area contributed by atoms with E-state index in [1.807, 2.05) is 13.8 Å². The molecule has 1 aliphatic rings. The van der Waals surface area contributed by atoms with Gasteiger partial charge in [0.25, 0.3) is 0 Å². The first-order chi connectivity index (χ1) is 16.4. The van der Waals surface area contributed by atoms with Gasteiger partial charge in [-0.15, -0.1) is 0 Å². The maximum atomic E-state index is 13.4. The normalized spacial score (nSPS) is 15.9. The minimum atomic E-state index is -4.53. The number of benzene rings is 1. The first-order valence-corrected chi connectivity index (χ1v) is 12.4. The Morgan fingerprint density at radius 2 is 1.97 bits per heavy atom. The van der Waals surface area contributed by atoms with Crippen molar-refractivity contribution in [3.63, 3.8) is 0 Å². The lowest BCUT2D eigenvalue weighted by molar-refractivity contribution is -0.141. The molecule has 190 valence electrons. The number of aliphatic hydroxyl groups excluding tert-OH is 1. The monoisotopic (exact) mass is 500 g/mol. The van der Waals surface area contributed by atoms with Gasteiger partial charge in [-0.3, -0.25) is 5.32 Å². The predicted octanol–water partition coefficient (Wildman–Crippen LogP) is 5.70. The van der Waals surface area contributed by atoms with Crippen LogP contribution in [0.4, 0.5) is 13.2 Å². The highest BCUT2D eigenvalue weighted by molar-refractivity contribution is 6.32. The number of allylic oxidation sites excluding steroid dienone is 2. The quantitative estimate of drug-likeness (QED) is 0.236. The molecule has 2 N–H and O–H groups in total. The Morgan fingerprint density at radius 1 is 1.21 bits per heavy atom. The van der Waals surface area contributed by atoms with Crippen LogP contribution >= 0.6 is 11.6 Å². The molecule has 9 heteroatoms. The summed E-state index contributed by atoms with van der Waals surface area (Å²) >= 11 is 6.25. The van der Waals surface area contributed by atoms with Crippen molar-refractivity contribution in [2.24, 2.45) is 5.92 Å². The summed E-state index contributed by atoms with van der Waals surface area (Å²) in [7, 11) is 0. The Balaban J connectivity index is 0.00000199. The van der Waals surface area contributed by atoms with Crippen molar-refractivity contribution in [2.75, 3.05) is 32.9 Å². The van der Waals surface area contributed by atoms with Gasteiger partial charge in [-0.1, -0.05) is 49.7 Å². The highest BCUT2D eigenvalue weighted by Crippen LogP contribution is 2.31. The van der Waals surface area contributed by atoms with Crippen LogP contribution in [0.3, 0.4) is 0 Å². The van der Waals surface area contributed by atoms with Crippen LogP contribution in [-0.4, -0.2) is 52.7 Å². The molecule has 3 rings (SSSR count). The summed E-state index contributed by atoms with van der Waals surface area (Å²) in [6.45, 7) is 6.62. The lowest BCUT2D eigenvalue weighted by Gasteiger charge is -2.25. The van der Waals surface area contributed by atoms with Crippen LogP contribution in [0.5, 0.6) is 0 Å². The fourth-order valence-corrected chi connectivity index (χ4v) is 4.18. The van der Waals surface area contributed by atoms with E-state index < -0.39 is 11.9 Å². The fraction of sp³-hybridized carbons (Fsp3) is 0.560. The van der Waals surface area contributed by atoms with E-state index >= 15 is 0 Å². The number of alkyl halides is 3. The lowest BCUT2D eigenvalue weighted by Crippen LogP contribution is -2.35. The minimum absolute atomic E-state index is 0.104. The third-order valence-electron chi connectivity index (χ3n) is 5.73. The number of nitrogens with zero attached hydrogens (tertiary/aromatic N) is 3. The minimum Gasteiger partial charge on any atom is -0.381 e. The molecule has 1 unspecified atom stereocenters. The fourth-order valence-electron chi connectivity index (χ4n) is 3.96. The van der Waals surface area contributed by atoms with Gasteiger partial charge >= 0.3 is 6.18 Å². The molecule has 1 atom stereocenters. The van der Waals surface area contributed by atoms with Crippen LogP contribution < -0.4 is 5.32 Å². The van der Waals surface area contributed by atoms with Crippen molar-refractivity contribution in [2.45, 2.75) is 52.1 Å². The molecule has 0 fully saturated rings. The maximum absolute atomic E-state index is 13.4. The van der Waals surface area contributed by atoms with E-state index in [2.05, 4.69) is 27.5 Å². The second-order valence-electron chi connectivity index (χ2n) is 8.04. The Bertz CT molecular complexity index is 885. The van der Waals surface area contributed by atoms with Crippen LogP contribution in [-0.2, 0) is 12.6 Å². The van der Waals surface area contributed by atoms with Gasteiger partial charge in [0.05, 0.1) is 17.4 Å². The number of para-hydroxylation sites is 1. The topological polar surface area (TPSA) is 53.3 Å². The standard InChI is InChI=1S/C23H30ClF3N4O.C2H6/c24-20-8-4-5-9-21(20)31-19(16-22(29-31)23(25,26)27)11-14-30(15-12-28-17-32)13-10-18-6-2-1-3-7-18;1-2/h2,4-6,8-9,16,18,28,32H,1,3,7,10-15,17H2;1-2H3. The number of nitrogens with one attached hydrogen (secondary N) is 1. The lowest BCUT2D eigenvalue weighted by atomic mass is 9.93. The maximum Gasteiger partial charge on any atom is 0.435 e. The molecule has 1 heterocycles. The van der Waals surface area contributed by atoms with E-state index in [-0.39, 0.29) is 6.73 Å². The molecule has 5 nitrogen and oxygen atoms in total. The smallest absolute Gasteiger partial charge is 0.381 e. The Hall–Kier alpha value is -1.87. The zero-order valence-corrected chi connectivity index (χ0v) is 20.7. The van der Waals surface area contributed by atoms with E-state index in [1.165, 1.54) is 17.5 Å². The van der Waals surface area contributed by atoms with Crippen LogP contribution in [0.1, 0.15) is 50.9 Å². The number of halogens is 4. The Kier molecular flexibility index (Phi) is 12.1. The largest absolute Gasteiger partial charge is 0.435 e. The third-order valence-corrected chi connectivity index (χ3v) is 6.04. The van der Waals surface area contributed by atoms with Gasteiger partial charge in [0.2, 0.25) is 0 Å². The summed E-state index contributed by atoms with van der Waals surface area (Å²) in [5.74, 6) is 0.544. The number of rotatable bonds is 11. The van der Waals surface area contributed by atoms with Gasteiger partial charge in [-0.05, 0) is 56.3 Å². The number of aliphatic hydroxyl groups is 1. The van der Waals surface area contributed by atoms with Crippen molar-refractivity contribution >= 4 is 11.6 Å². The van der Waals surface area contributed by atoms with Crippen LogP contribution in [0.15, 0.2) is 42.5 Å². The van der Waals surface area contributed by atoms with Gasteiger partial charge in [0.1, 0.15) is 0 Å². The van der Waals surface area contributed by atoms with Crippen molar-refractivity contribution < 1.29 is 18.3 Å². The van der Waals surface area contributed by atoms with E-state index in [0.717, 1.165) is 25.5 Å². The van der Waals surface area contributed by atoms with Crippen LogP contribution in [0, 0.1) is 5.92 Å². The molecule has 0 amide bonds. The molecule has 0 spiro atoms. The Labute approximate surface area is 205 Å². The van der Waals surface area contributed by atoms with Crippen molar-refractivity contribution in [1.29, 1.82) is 0 Å². The molecule has 0 bridgehead atoms. The summed E-state index contributed by atoms with van der Waals surface area (Å²) in [4.78, 5) is 2.22. The first-order valence-electron chi connectivity index (χ1n) is 12.0. The van der Waals surface area contributed by atoms with Gasteiger partial charge in [-0.25, -0.2) is 4.68 Å². The predicted molar refractivity (Wildman–Crippen MR) is 131 cm³/mol. The molecular weight excluding hydrogens is 465 g/mol. The van der Waals surface area contributed by atoms with Gasteiger partial charge in [0.15, 0.2) is 5.69 Å². The van der Waals surface area contributed by atoms with Gasteiger partial charge in [0, 0.05) is 31.7 Å². The second kappa shape index (κ2) is 14.5. The molecule has 34 heavy (non-hydrogen) atoms. The third kappa shape index (κ3) is 8.73. The van der Waals surface area contributed by atoms with Crippen LogP contribution in [0.2, 0.25) is 5.02 Å². The number of hydrogen-bond acceptors (Lipinski definition) is 4. The second-order valence-corrected chi connectivity index (χ2v) is 8.45. The van der Waals surface area contributed by atoms with Crippen molar-refractivity contribution in [1.82, 2.24) is 20.0 Å². The first kappa shape index (κ1) is 28.4. The molecule has 2 aromatic rings. The summed E-state index contributed by atoms with van der Waals surface area (Å²) in [6, 6.07) is 7.87. The van der Waals surface area contributed by atoms with Crippen molar-refractivity contribution in [3.05, 3.63) is 58.9 Å². The van der Waals surface area contributed by atoms with E-state index in [1.54, 1.807) is 24.3 Å².